The SMILES string of the molecule is Cc1nc(C(=O)O)c(CN2CCCC(C)C2)s1. The lowest BCUT2D eigenvalue weighted by atomic mass is 10.0. The molecule has 17 heavy (non-hydrogen) atoms. The molecule has 1 aliphatic rings. The second kappa shape index (κ2) is 5.14. The third-order valence-electron chi connectivity index (χ3n) is 3.12. The maximum atomic E-state index is 11.1. The zero-order valence-corrected chi connectivity index (χ0v) is 11.1. The van der Waals surface area contributed by atoms with E-state index in [0.717, 1.165) is 29.5 Å². The number of carboxylic acid groups (broad SMARTS) is 1. The summed E-state index contributed by atoms with van der Waals surface area (Å²) in [6.45, 7) is 6.98. The molecule has 1 unspecified atom stereocenters. The van der Waals surface area contributed by atoms with Crippen LogP contribution in [0.4, 0.5) is 0 Å². The minimum Gasteiger partial charge on any atom is -0.476 e. The summed E-state index contributed by atoms with van der Waals surface area (Å²) in [5.41, 5.74) is 0.241. The first kappa shape index (κ1) is 12.5. The van der Waals surface area contributed by atoms with Crippen molar-refractivity contribution >= 4 is 17.3 Å². The number of aromatic nitrogens is 1. The number of rotatable bonds is 3. The van der Waals surface area contributed by atoms with Crippen molar-refractivity contribution in [1.82, 2.24) is 9.88 Å². The van der Waals surface area contributed by atoms with Crippen LogP contribution in [0.25, 0.3) is 0 Å². The Balaban J connectivity index is 2.09. The van der Waals surface area contributed by atoms with Gasteiger partial charge in [-0.15, -0.1) is 11.3 Å². The lowest BCUT2D eigenvalue weighted by Crippen LogP contribution is -2.33. The quantitative estimate of drug-likeness (QED) is 0.899. The number of hydrogen-bond acceptors (Lipinski definition) is 4. The Bertz CT molecular complexity index is 417. The van der Waals surface area contributed by atoms with Crippen molar-refractivity contribution in [2.45, 2.75) is 33.2 Å². The fourth-order valence-electron chi connectivity index (χ4n) is 2.38. The number of nitrogens with zero attached hydrogens (tertiary/aromatic N) is 2. The zero-order chi connectivity index (χ0) is 12.4. The molecule has 1 aliphatic heterocycles. The molecule has 1 aromatic heterocycles. The van der Waals surface area contributed by atoms with E-state index < -0.39 is 5.97 Å². The van der Waals surface area contributed by atoms with Gasteiger partial charge in [0.15, 0.2) is 5.69 Å². The summed E-state index contributed by atoms with van der Waals surface area (Å²) in [5, 5.41) is 9.92. The largest absolute Gasteiger partial charge is 0.476 e. The summed E-state index contributed by atoms with van der Waals surface area (Å²) in [6, 6.07) is 0. The Kier molecular flexibility index (Phi) is 3.79. The standard InChI is InChI=1S/C12H18N2O2S/c1-8-4-3-5-14(6-8)7-10-11(12(15)16)13-9(2)17-10/h8H,3-7H2,1-2H3,(H,15,16). The summed E-state index contributed by atoms with van der Waals surface area (Å²) in [5.74, 6) is -0.194. The summed E-state index contributed by atoms with van der Waals surface area (Å²) < 4.78 is 0. The number of aryl methyl sites for hydroxylation is 1. The van der Waals surface area contributed by atoms with E-state index in [0.29, 0.717) is 5.92 Å². The van der Waals surface area contributed by atoms with Gasteiger partial charge in [0.25, 0.3) is 0 Å². The highest BCUT2D eigenvalue weighted by Gasteiger charge is 2.21. The van der Waals surface area contributed by atoms with Crippen LogP contribution in [0.3, 0.4) is 0 Å². The smallest absolute Gasteiger partial charge is 0.355 e. The number of carbonyl (C=O) groups is 1. The molecule has 1 saturated heterocycles. The van der Waals surface area contributed by atoms with Crippen molar-refractivity contribution in [3.05, 3.63) is 15.6 Å². The molecule has 0 amide bonds. The molecule has 94 valence electrons. The Morgan fingerprint density at radius 3 is 3.06 bits per heavy atom. The molecule has 1 fully saturated rings. The molecular formula is C12H18N2O2S. The molecule has 2 rings (SSSR count). The van der Waals surface area contributed by atoms with E-state index >= 15 is 0 Å². The van der Waals surface area contributed by atoms with Gasteiger partial charge in [0, 0.05) is 13.1 Å². The molecular weight excluding hydrogens is 236 g/mol. The fourth-order valence-corrected chi connectivity index (χ4v) is 3.35. The number of piperidine rings is 1. The van der Waals surface area contributed by atoms with E-state index in [1.54, 1.807) is 0 Å². The van der Waals surface area contributed by atoms with Crippen LogP contribution in [0.15, 0.2) is 0 Å². The number of aromatic carboxylic acids is 1. The third-order valence-corrected chi connectivity index (χ3v) is 4.07. The van der Waals surface area contributed by atoms with E-state index in [9.17, 15) is 4.79 Å². The van der Waals surface area contributed by atoms with Crippen molar-refractivity contribution in [3.63, 3.8) is 0 Å². The topological polar surface area (TPSA) is 53.4 Å². The second-order valence-electron chi connectivity index (χ2n) is 4.79. The lowest BCUT2D eigenvalue weighted by Gasteiger charge is -2.30. The fraction of sp³-hybridized carbons (Fsp3) is 0.667. The van der Waals surface area contributed by atoms with Gasteiger partial charge in [-0.25, -0.2) is 9.78 Å². The van der Waals surface area contributed by atoms with Crippen molar-refractivity contribution in [2.24, 2.45) is 5.92 Å². The van der Waals surface area contributed by atoms with Crippen LogP contribution in [0.5, 0.6) is 0 Å². The molecule has 2 heterocycles. The van der Waals surface area contributed by atoms with Crippen molar-refractivity contribution < 1.29 is 9.90 Å². The van der Waals surface area contributed by atoms with Crippen LogP contribution in [-0.4, -0.2) is 34.0 Å². The van der Waals surface area contributed by atoms with Gasteiger partial charge in [0.1, 0.15) is 0 Å². The number of hydrogen-bond donors (Lipinski definition) is 1. The minimum atomic E-state index is -0.908. The van der Waals surface area contributed by atoms with Crippen molar-refractivity contribution in [3.8, 4) is 0 Å². The van der Waals surface area contributed by atoms with Gasteiger partial charge in [0.05, 0.1) is 9.88 Å². The lowest BCUT2D eigenvalue weighted by molar-refractivity contribution is 0.0688. The molecule has 4 nitrogen and oxygen atoms in total. The summed E-state index contributed by atoms with van der Waals surface area (Å²) in [6.07, 6.45) is 2.49. The predicted molar refractivity (Wildman–Crippen MR) is 67.5 cm³/mol. The summed E-state index contributed by atoms with van der Waals surface area (Å²) in [4.78, 5) is 18.4. The molecule has 0 saturated carbocycles. The number of likely N-dealkylation sites (tertiary alicyclic amines) is 1. The highest BCUT2D eigenvalue weighted by Crippen LogP contribution is 2.23. The Hall–Kier alpha value is -0.940. The van der Waals surface area contributed by atoms with Gasteiger partial charge in [0.2, 0.25) is 0 Å². The van der Waals surface area contributed by atoms with Crippen LogP contribution in [0.1, 0.15) is 40.1 Å². The van der Waals surface area contributed by atoms with E-state index in [-0.39, 0.29) is 5.69 Å². The second-order valence-corrected chi connectivity index (χ2v) is 6.08. The molecule has 0 bridgehead atoms. The van der Waals surface area contributed by atoms with Gasteiger partial charge < -0.3 is 5.11 Å². The molecule has 1 atom stereocenters. The Morgan fingerprint density at radius 2 is 2.41 bits per heavy atom. The van der Waals surface area contributed by atoms with Crippen LogP contribution in [-0.2, 0) is 6.54 Å². The predicted octanol–water partition coefficient (Wildman–Crippen LogP) is 2.38. The maximum Gasteiger partial charge on any atom is 0.355 e. The maximum absolute atomic E-state index is 11.1. The van der Waals surface area contributed by atoms with E-state index in [1.807, 2.05) is 6.92 Å². The molecule has 0 spiro atoms. The highest BCUT2D eigenvalue weighted by molar-refractivity contribution is 7.11. The highest BCUT2D eigenvalue weighted by atomic mass is 32.1. The molecule has 0 radical (unpaired) electrons. The van der Waals surface area contributed by atoms with Gasteiger partial charge >= 0.3 is 5.97 Å². The first-order valence-electron chi connectivity index (χ1n) is 5.98. The first-order chi connectivity index (χ1) is 8.06. The number of thiazole rings is 1. The van der Waals surface area contributed by atoms with E-state index in [4.69, 9.17) is 5.11 Å². The third kappa shape index (κ3) is 3.04. The molecule has 0 aliphatic carbocycles. The van der Waals surface area contributed by atoms with Gasteiger partial charge in [-0.3, -0.25) is 4.90 Å². The van der Waals surface area contributed by atoms with Crippen molar-refractivity contribution in [1.29, 1.82) is 0 Å². The molecule has 1 aromatic rings. The minimum absolute atomic E-state index is 0.241. The van der Waals surface area contributed by atoms with Crippen LogP contribution >= 0.6 is 11.3 Å². The molecule has 5 heteroatoms. The van der Waals surface area contributed by atoms with E-state index in [1.165, 1.54) is 24.2 Å². The summed E-state index contributed by atoms with van der Waals surface area (Å²) in [7, 11) is 0. The Morgan fingerprint density at radius 1 is 1.65 bits per heavy atom. The summed E-state index contributed by atoms with van der Waals surface area (Å²) >= 11 is 1.50. The van der Waals surface area contributed by atoms with Crippen LogP contribution < -0.4 is 0 Å². The zero-order valence-electron chi connectivity index (χ0n) is 10.3. The van der Waals surface area contributed by atoms with Gasteiger partial charge in [-0.1, -0.05) is 6.92 Å². The van der Waals surface area contributed by atoms with Crippen LogP contribution in [0.2, 0.25) is 0 Å². The monoisotopic (exact) mass is 254 g/mol. The van der Waals surface area contributed by atoms with E-state index in [2.05, 4.69) is 16.8 Å². The average Bonchev–Trinajstić information content (AvgIpc) is 2.59. The average molecular weight is 254 g/mol. The van der Waals surface area contributed by atoms with Gasteiger partial charge in [-0.05, 0) is 32.2 Å². The molecule has 0 aromatic carbocycles. The Labute approximate surface area is 105 Å². The van der Waals surface area contributed by atoms with Crippen molar-refractivity contribution in [2.75, 3.05) is 13.1 Å². The van der Waals surface area contributed by atoms with Crippen LogP contribution in [0, 0.1) is 12.8 Å². The number of carboxylic acids is 1. The normalized spacial score (nSPS) is 21.6. The first-order valence-corrected chi connectivity index (χ1v) is 6.80. The molecule has 1 N–H and O–H groups in total. The van der Waals surface area contributed by atoms with Gasteiger partial charge in [-0.2, -0.15) is 0 Å².